The molecule has 25 heavy (non-hydrogen) atoms. The van der Waals surface area contributed by atoms with E-state index < -0.39 is 5.97 Å². The molecule has 0 radical (unpaired) electrons. The van der Waals surface area contributed by atoms with Crippen LogP contribution in [0, 0.1) is 6.92 Å². The van der Waals surface area contributed by atoms with E-state index in [1.54, 1.807) is 38.2 Å². The van der Waals surface area contributed by atoms with E-state index in [1.807, 2.05) is 0 Å². The van der Waals surface area contributed by atoms with Gasteiger partial charge in [-0.3, -0.25) is 4.40 Å². The minimum atomic E-state index is -0.651. The molecule has 2 N–H and O–H groups in total. The first kappa shape index (κ1) is 16.4. The highest BCUT2D eigenvalue weighted by Gasteiger charge is 2.21. The van der Waals surface area contributed by atoms with E-state index in [0.29, 0.717) is 5.69 Å². The summed E-state index contributed by atoms with van der Waals surface area (Å²) in [6.45, 7) is 3.65. The SMILES string of the molecule is CCOC(=O)c1nc2c(O)cccn2c1N=Nc1ccc(O)cc1C. The van der Waals surface area contributed by atoms with E-state index >= 15 is 0 Å². The first-order valence-electron chi connectivity index (χ1n) is 7.59. The molecule has 0 amide bonds. The molecular weight excluding hydrogens is 324 g/mol. The third kappa shape index (κ3) is 3.14. The summed E-state index contributed by atoms with van der Waals surface area (Å²) in [5, 5.41) is 27.7. The fourth-order valence-corrected chi connectivity index (χ4v) is 2.33. The molecule has 0 saturated carbocycles. The monoisotopic (exact) mass is 340 g/mol. The molecule has 0 spiro atoms. The van der Waals surface area contributed by atoms with Crippen LogP contribution < -0.4 is 0 Å². The van der Waals surface area contributed by atoms with Gasteiger partial charge in [-0.2, -0.15) is 0 Å². The second-order valence-electron chi connectivity index (χ2n) is 5.26. The average Bonchev–Trinajstić information content (AvgIpc) is 2.95. The standard InChI is InChI=1S/C17H16N4O4/c1-3-25-17(24)14-16(21-8-4-5-13(23)15(21)18-14)20-19-12-7-6-11(22)9-10(12)2/h4-9,22-23H,3H2,1-2H3. The number of phenols is 1. The van der Waals surface area contributed by atoms with Gasteiger partial charge in [0.2, 0.25) is 0 Å². The van der Waals surface area contributed by atoms with E-state index in [9.17, 15) is 15.0 Å². The van der Waals surface area contributed by atoms with Crippen molar-refractivity contribution in [2.75, 3.05) is 6.61 Å². The number of hydrogen-bond donors (Lipinski definition) is 2. The lowest BCUT2D eigenvalue weighted by atomic mass is 10.2. The summed E-state index contributed by atoms with van der Waals surface area (Å²) >= 11 is 0. The van der Waals surface area contributed by atoms with Crippen LogP contribution in [0.1, 0.15) is 23.0 Å². The van der Waals surface area contributed by atoms with Crippen LogP contribution in [-0.2, 0) is 4.74 Å². The number of aromatic nitrogens is 2. The number of carbonyl (C=O) groups excluding carboxylic acids is 1. The Balaban J connectivity index is 2.13. The van der Waals surface area contributed by atoms with Crippen molar-refractivity contribution in [3.63, 3.8) is 0 Å². The molecule has 8 heteroatoms. The summed E-state index contributed by atoms with van der Waals surface area (Å²) in [5.41, 5.74) is 1.39. The van der Waals surface area contributed by atoms with Gasteiger partial charge in [0.1, 0.15) is 5.75 Å². The van der Waals surface area contributed by atoms with E-state index in [2.05, 4.69) is 15.2 Å². The van der Waals surface area contributed by atoms with E-state index in [-0.39, 0.29) is 35.3 Å². The minimum Gasteiger partial charge on any atom is -0.508 e. The van der Waals surface area contributed by atoms with Crippen LogP contribution >= 0.6 is 0 Å². The fourth-order valence-electron chi connectivity index (χ4n) is 2.33. The van der Waals surface area contributed by atoms with Crippen LogP contribution in [0.3, 0.4) is 0 Å². The molecule has 8 nitrogen and oxygen atoms in total. The Morgan fingerprint density at radius 1 is 1.28 bits per heavy atom. The number of phenolic OH excluding ortho intramolecular Hbond substituents is 1. The number of fused-ring (bicyclic) bond motifs is 1. The van der Waals surface area contributed by atoms with Crippen molar-refractivity contribution in [2.24, 2.45) is 10.2 Å². The molecule has 0 bridgehead atoms. The Bertz CT molecular complexity index is 978. The number of aromatic hydroxyl groups is 2. The Kier molecular flexibility index (Phi) is 4.34. The zero-order valence-electron chi connectivity index (χ0n) is 13.7. The van der Waals surface area contributed by atoms with Crippen molar-refractivity contribution < 1.29 is 19.7 Å². The summed E-state index contributed by atoms with van der Waals surface area (Å²) in [7, 11) is 0. The Morgan fingerprint density at radius 2 is 2.08 bits per heavy atom. The van der Waals surface area contributed by atoms with Crippen LogP contribution in [0.5, 0.6) is 11.5 Å². The van der Waals surface area contributed by atoms with Crippen LogP contribution in [0.4, 0.5) is 11.5 Å². The van der Waals surface area contributed by atoms with Gasteiger partial charge < -0.3 is 14.9 Å². The van der Waals surface area contributed by atoms with Crippen molar-refractivity contribution in [1.82, 2.24) is 9.38 Å². The summed E-state index contributed by atoms with van der Waals surface area (Å²) in [4.78, 5) is 16.3. The summed E-state index contributed by atoms with van der Waals surface area (Å²) in [5.74, 6) is -0.461. The second kappa shape index (κ2) is 6.60. The molecule has 1 aromatic carbocycles. The van der Waals surface area contributed by atoms with Gasteiger partial charge in [-0.25, -0.2) is 9.78 Å². The maximum absolute atomic E-state index is 12.2. The maximum atomic E-state index is 12.2. The number of esters is 1. The number of carbonyl (C=O) groups is 1. The lowest BCUT2D eigenvalue weighted by molar-refractivity contribution is 0.0521. The maximum Gasteiger partial charge on any atom is 0.360 e. The van der Waals surface area contributed by atoms with Crippen LogP contribution in [0.15, 0.2) is 46.8 Å². The lowest BCUT2D eigenvalue weighted by Crippen LogP contribution is -2.05. The summed E-state index contributed by atoms with van der Waals surface area (Å²) in [6, 6.07) is 7.72. The smallest absolute Gasteiger partial charge is 0.360 e. The highest BCUT2D eigenvalue weighted by Crippen LogP contribution is 2.30. The number of azo groups is 1. The number of ether oxygens (including phenoxy) is 1. The Hall–Kier alpha value is -3.42. The van der Waals surface area contributed by atoms with Gasteiger partial charge >= 0.3 is 5.97 Å². The first-order chi connectivity index (χ1) is 12.0. The molecule has 0 aliphatic heterocycles. The van der Waals surface area contributed by atoms with Gasteiger partial charge in [0.25, 0.3) is 0 Å². The van der Waals surface area contributed by atoms with Gasteiger partial charge in [-0.1, -0.05) is 0 Å². The molecule has 0 atom stereocenters. The van der Waals surface area contributed by atoms with E-state index in [4.69, 9.17) is 4.74 Å². The second-order valence-corrected chi connectivity index (χ2v) is 5.26. The molecule has 128 valence electrons. The Labute approximate surface area is 143 Å². The van der Waals surface area contributed by atoms with Crippen molar-refractivity contribution in [2.45, 2.75) is 13.8 Å². The molecule has 3 rings (SSSR count). The topological polar surface area (TPSA) is 109 Å². The first-order valence-corrected chi connectivity index (χ1v) is 7.59. The van der Waals surface area contributed by atoms with Crippen molar-refractivity contribution >= 4 is 23.1 Å². The highest BCUT2D eigenvalue weighted by molar-refractivity contribution is 5.93. The molecule has 0 fully saturated rings. The number of imidazole rings is 1. The molecule has 0 unspecified atom stereocenters. The molecule has 3 aromatic rings. The van der Waals surface area contributed by atoms with Gasteiger partial charge in [0.05, 0.1) is 12.3 Å². The summed E-state index contributed by atoms with van der Waals surface area (Å²) in [6.07, 6.45) is 1.61. The molecule has 2 heterocycles. The third-order valence-electron chi connectivity index (χ3n) is 3.51. The minimum absolute atomic E-state index is 0.0384. The zero-order valence-corrected chi connectivity index (χ0v) is 13.7. The fraction of sp³-hybridized carbons (Fsp3) is 0.176. The number of nitrogens with zero attached hydrogens (tertiary/aromatic N) is 4. The molecule has 0 aliphatic rings. The number of rotatable bonds is 4. The van der Waals surface area contributed by atoms with Crippen LogP contribution in [0.25, 0.3) is 5.65 Å². The van der Waals surface area contributed by atoms with Gasteiger partial charge in [0.15, 0.2) is 22.9 Å². The van der Waals surface area contributed by atoms with Crippen molar-refractivity contribution in [3.05, 3.63) is 47.8 Å². The molecular formula is C17H16N4O4. The van der Waals surface area contributed by atoms with E-state index in [1.165, 1.54) is 16.5 Å². The highest BCUT2D eigenvalue weighted by atomic mass is 16.5. The average molecular weight is 340 g/mol. The molecule has 2 aromatic heterocycles. The zero-order chi connectivity index (χ0) is 18.0. The predicted molar refractivity (Wildman–Crippen MR) is 89.8 cm³/mol. The van der Waals surface area contributed by atoms with Gasteiger partial charge in [0, 0.05) is 6.20 Å². The predicted octanol–water partition coefficient (Wildman–Crippen LogP) is 3.65. The van der Waals surface area contributed by atoms with Gasteiger partial charge in [-0.15, -0.1) is 10.2 Å². The largest absolute Gasteiger partial charge is 0.508 e. The number of hydrogen-bond acceptors (Lipinski definition) is 7. The quantitative estimate of drug-likeness (QED) is 0.556. The van der Waals surface area contributed by atoms with E-state index in [0.717, 1.165) is 5.56 Å². The summed E-state index contributed by atoms with van der Waals surface area (Å²) < 4.78 is 6.46. The molecule has 0 aliphatic carbocycles. The third-order valence-corrected chi connectivity index (χ3v) is 3.51. The number of pyridine rings is 1. The lowest BCUT2D eigenvalue weighted by Gasteiger charge is -2.01. The van der Waals surface area contributed by atoms with Gasteiger partial charge in [-0.05, 0) is 49.7 Å². The van der Waals surface area contributed by atoms with Crippen molar-refractivity contribution in [3.8, 4) is 11.5 Å². The van der Waals surface area contributed by atoms with Crippen LogP contribution in [0.2, 0.25) is 0 Å². The van der Waals surface area contributed by atoms with Crippen LogP contribution in [-0.4, -0.2) is 32.2 Å². The molecule has 0 saturated heterocycles. The number of benzene rings is 1. The van der Waals surface area contributed by atoms with Crippen molar-refractivity contribution in [1.29, 1.82) is 0 Å². The Morgan fingerprint density at radius 3 is 2.80 bits per heavy atom. The normalized spacial score (nSPS) is 11.3. The number of aryl methyl sites for hydroxylation is 1.